The van der Waals surface area contributed by atoms with Crippen LogP contribution >= 0.6 is 0 Å². The van der Waals surface area contributed by atoms with Crippen LogP contribution in [0.15, 0.2) is 24.3 Å². The van der Waals surface area contributed by atoms with E-state index < -0.39 is 11.9 Å². The fraction of sp³-hybridized carbons (Fsp3) is 0.429. The van der Waals surface area contributed by atoms with Gasteiger partial charge in [0.15, 0.2) is 0 Å². The minimum atomic E-state index is -0.771. The van der Waals surface area contributed by atoms with Crippen molar-refractivity contribution in [2.45, 2.75) is 12.5 Å². The second-order valence-electron chi connectivity index (χ2n) is 4.42. The summed E-state index contributed by atoms with van der Waals surface area (Å²) in [5, 5.41) is 3.21. The molecule has 0 saturated carbocycles. The Bertz CT molecular complexity index is 461. The van der Waals surface area contributed by atoms with Gasteiger partial charge in [-0.15, -0.1) is 0 Å². The van der Waals surface area contributed by atoms with E-state index in [1.54, 1.807) is 7.11 Å². The number of carbonyl (C=O) groups is 2. The Kier molecular flexibility index (Phi) is 4.16. The number of carbonyl (C=O) groups excluding carboxylic acids is 2. The molecule has 1 aliphatic heterocycles. The summed E-state index contributed by atoms with van der Waals surface area (Å²) in [4.78, 5) is 23.7. The molecule has 2 rings (SSSR count). The molecule has 2 atom stereocenters. The lowest BCUT2D eigenvalue weighted by Gasteiger charge is -2.30. The molecule has 1 fully saturated rings. The molecule has 1 aliphatic rings. The lowest BCUT2D eigenvalue weighted by atomic mass is 9.85. The normalized spacial score (nSPS) is 22.9. The Balaban J connectivity index is 2.28. The van der Waals surface area contributed by atoms with Gasteiger partial charge in [-0.2, -0.15) is 0 Å². The first kappa shape index (κ1) is 13.5. The van der Waals surface area contributed by atoms with E-state index in [4.69, 9.17) is 9.47 Å². The topological polar surface area (TPSA) is 64.6 Å². The Morgan fingerprint density at radius 2 is 1.95 bits per heavy atom. The Labute approximate surface area is 111 Å². The van der Waals surface area contributed by atoms with Crippen molar-refractivity contribution in [3.05, 3.63) is 29.8 Å². The molecule has 0 aromatic heterocycles. The predicted molar refractivity (Wildman–Crippen MR) is 68.9 cm³/mol. The summed E-state index contributed by atoms with van der Waals surface area (Å²) in [6, 6.07) is 6.99. The molecule has 0 unspecified atom stereocenters. The second-order valence-corrected chi connectivity index (χ2v) is 4.42. The molecule has 1 aromatic rings. The Hall–Kier alpha value is -1.88. The highest BCUT2D eigenvalue weighted by molar-refractivity contribution is 6.00. The van der Waals surface area contributed by atoms with Crippen molar-refractivity contribution in [3.63, 3.8) is 0 Å². The number of hydrogen-bond acceptors (Lipinski definition) is 5. The summed E-state index contributed by atoms with van der Waals surface area (Å²) >= 11 is 0. The third kappa shape index (κ3) is 2.76. The SMILES string of the molecule is COC(=O)[C@H]1C(=O)CCN[C@@H]1c1ccc(OC)cc1. The molecule has 1 heterocycles. The largest absolute Gasteiger partial charge is 0.497 e. The highest BCUT2D eigenvalue weighted by atomic mass is 16.5. The van der Waals surface area contributed by atoms with Crippen LogP contribution in [0.5, 0.6) is 5.75 Å². The van der Waals surface area contributed by atoms with Crippen molar-refractivity contribution in [1.29, 1.82) is 0 Å². The molecular formula is C14H17NO4. The minimum absolute atomic E-state index is 0.0774. The van der Waals surface area contributed by atoms with Crippen LogP contribution in [0.4, 0.5) is 0 Å². The molecule has 0 aliphatic carbocycles. The molecule has 102 valence electrons. The summed E-state index contributed by atoms with van der Waals surface area (Å²) in [6.07, 6.45) is 0.354. The lowest BCUT2D eigenvalue weighted by Crippen LogP contribution is -2.44. The summed E-state index contributed by atoms with van der Waals surface area (Å²) in [6.45, 7) is 0.572. The summed E-state index contributed by atoms with van der Waals surface area (Å²) in [7, 11) is 2.89. The highest BCUT2D eigenvalue weighted by Crippen LogP contribution is 2.29. The van der Waals surface area contributed by atoms with E-state index in [1.165, 1.54) is 7.11 Å². The van der Waals surface area contributed by atoms with Crippen molar-refractivity contribution in [2.75, 3.05) is 20.8 Å². The van der Waals surface area contributed by atoms with E-state index >= 15 is 0 Å². The first-order valence-electron chi connectivity index (χ1n) is 6.15. The van der Waals surface area contributed by atoms with Crippen molar-refractivity contribution in [2.24, 2.45) is 5.92 Å². The number of esters is 1. The number of hydrogen-bond donors (Lipinski definition) is 1. The molecule has 5 heteroatoms. The summed E-state index contributed by atoms with van der Waals surface area (Å²) in [5.74, 6) is -0.600. The van der Waals surface area contributed by atoms with E-state index in [0.717, 1.165) is 11.3 Å². The maximum Gasteiger partial charge on any atom is 0.318 e. The Morgan fingerprint density at radius 3 is 2.53 bits per heavy atom. The molecule has 1 aromatic carbocycles. The number of methoxy groups -OCH3 is 2. The van der Waals surface area contributed by atoms with Crippen LogP contribution in [0, 0.1) is 5.92 Å². The van der Waals surface area contributed by atoms with Crippen LogP contribution in [-0.2, 0) is 14.3 Å². The van der Waals surface area contributed by atoms with E-state index in [2.05, 4.69) is 5.32 Å². The maximum atomic E-state index is 11.9. The van der Waals surface area contributed by atoms with E-state index in [0.29, 0.717) is 13.0 Å². The van der Waals surface area contributed by atoms with Crippen molar-refractivity contribution in [1.82, 2.24) is 5.32 Å². The molecule has 0 amide bonds. The number of ether oxygens (including phenoxy) is 2. The molecule has 0 radical (unpaired) electrons. The number of piperidine rings is 1. The van der Waals surface area contributed by atoms with Gasteiger partial charge in [-0.1, -0.05) is 12.1 Å². The smallest absolute Gasteiger partial charge is 0.318 e. The molecule has 1 saturated heterocycles. The molecule has 1 N–H and O–H groups in total. The van der Waals surface area contributed by atoms with Gasteiger partial charge in [0.05, 0.1) is 20.3 Å². The van der Waals surface area contributed by atoms with Gasteiger partial charge in [-0.25, -0.2) is 0 Å². The third-order valence-electron chi connectivity index (χ3n) is 3.35. The number of Topliss-reactive ketones (excluding diaryl/α,β-unsaturated/α-hetero) is 1. The molecule has 0 bridgehead atoms. The van der Waals surface area contributed by atoms with Crippen LogP contribution < -0.4 is 10.1 Å². The van der Waals surface area contributed by atoms with Gasteiger partial charge in [0.1, 0.15) is 17.5 Å². The van der Waals surface area contributed by atoms with E-state index in [-0.39, 0.29) is 11.8 Å². The highest BCUT2D eigenvalue weighted by Gasteiger charge is 2.38. The average molecular weight is 263 g/mol. The number of rotatable bonds is 3. The average Bonchev–Trinajstić information content (AvgIpc) is 2.46. The number of ketones is 1. The van der Waals surface area contributed by atoms with Crippen LogP contribution in [0.1, 0.15) is 18.0 Å². The summed E-state index contributed by atoms with van der Waals surface area (Å²) < 4.78 is 9.83. The maximum absolute atomic E-state index is 11.9. The first-order valence-corrected chi connectivity index (χ1v) is 6.15. The van der Waals surface area contributed by atoms with Crippen LogP contribution in [0.2, 0.25) is 0 Å². The summed E-state index contributed by atoms with van der Waals surface area (Å²) in [5.41, 5.74) is 0.879. The quantitative estimate of drug-likeness (QED) is 0.653. The lowest BCUT2D eigenvalue weighted by molar-refractivity contribution is -0.151. The van der Waals surface area contributed by atoms with E-state index in [1.807, 2.05) is 24.3 Å². The van der Waals surface area contributed by atoms with Crippen molar-refractivity contribution in [3.8, 4) is 5.75 Å². The second kappa shape index (κ2) is 5.84. The molecule has 0 spiro atoms. The van der Waals surface area contributed by atoms with Gasteiger partial charge in [0, 0.05) is 13.0 Å². The zero-order chi connectivity index (χ0) is 13.8. The van der Waals surface area contributed by atoms with Gasteiger partial charge in [0.2, 0.25) is 0 Å². The molecular weight excluding hydrogens is 246 g/mol. The zero-order valence-electron chi connectivity index (χ0n) is 11.0. The van der Waals surface area contributed by atoms with Crippen LogP contribution in [-0.4, -0.2) is 32.5 Å². The monoisotopic (exact) mass is 263 g/mol. The number of nitrogens with one attached hydrogen (secondary N) is 1. The fourth-order valence-electron chi connectivity index (χ4n) is 2.33. The standard InChI is InChI=1S/C14H17NO4/c1-18-10-5-3-9(4-6-10)13-12(14(17)19-2)11(16)7-8-15-13/h3-6,12-13,15H,7-8H2,1-2H3/t12-,13+/m0/s1. The minimum Gasteiger partial charge on any atom is -0.497 e. The van der Waals surface area contributed by atoms with Crippen LogP contribution in [0.25, 0.3) is 0 Å². The number of benzene rings is 1. The Morgan fingerprint density at radius 1 is 1.26 bits per heavy atom. The predicted octanol–water partition coefficient (Wildman–Crippen LogP) is 1.09. The zero-order valence-corrected chi connectivity index (χ0v) is 11.0. The van der Waals surface area contributed by atoms with Crippen LogP contribution in [0.3, 0.4) is 0 Å². The van der Waals surface area contributed by atoms with Gasteiger partial charge in [-0.3, -0.25) is 9.59 Å². The fourth-order valence-corrected chi connectivity index (χ4v) is 2.33. The van der Waals surface area contributed by atoms with Gasteiger partial charge in [-0.05, 0) is 17.7 Å². The van der Waals surface area contributed by atoms with Crippen molar-refractivity contribution < 1.29 is 19.1 Å². The molecule has 5 nitrogen and oxygen atoms in total. The van der Waals surface area contributed by atoms with Gasteiger partial charge < -0.3 is 14.8 Å². The van der Waals surface area contributed by atoms with Gasteiger partial charge >= 0.3 is 5.97 Å². The van der Waals surface area contributed by atoms with Crippen molar-refractivity contribution >= 4 is 11.8 Å². The third-order valence-corrected chi connectivity index (χ3v) is 3.35. The molecule has 19 heavy (non-hydrogen) atoms. The first-order chi connectivity index (χ1) is 9.17. The van der Waals surface area contributed by atoms with Gasteiger partial charge in [0.25, 0.3) is 0 Å². The van der Waals surface area contributed by atoms with E-state index in [9.17, 15) is 9.59 Å².